The van der Waals surface area contributed by atoms with E-state index in [1.807, 2.05) is 54.9 Å². The molecule has 0 saturated carbocycles. The molecule has 0 unspecified atom stereocenters. The topological polar surface area (TPSA) is 59.8 Å². The molecule has 3 rings (SSSR count). The highest BCUT2D eigenvalue weighted by Gasteiger charge is 2.13. The van der Waals surface area contributed by atoms with E-state index in [0.29, 0.717) is 5.02 Å². The van der Waals surface area contributed by atoms with Gasteiger partial charge in [-0.15, -0.1) is 0 Å². The van der Waals surface area contributed by atoms with Gasteiger partial charge >= 0.3 is 0 Å². The summed E-state index contributed by atoms with van der Waals surface area (Å²) >= 11 is 7.61. The molecule has 7 heteroatoms. The van der Waals surface area contributed by atoms with Gasteiger partial charge in [-0.3, -0.25) is 14.3 Å². The van der Waals surface area contributed by atoms with Crippen molar-refractivity contribution >= 4 is 29.3 Å². The van der Waals surface area contributed by atoms with Crippen molar-refractivity contribution in [2.45, 2.75) is 25.0 Å². The maximum absolute atomic E-state index is 12.3. The Kier molecular flexibility index (Phi) is 5.96. The molecule has 26 heavy (non-hydrogen) atoms. The van der Waals surface area contributed by atoms with Gasteiger partial charge in [0.2, 0.25) is 5.91 Å². The Bertz CT molecular complexity index is 898. The predicted molar refractivity (Wildman–Crippen MR) is 105 cm³/mol. The van der Waals surface area contributed by atoms with Gasteiger partial charge in [-0.25, -0.2) is 4.98 Å². The first-order valence-corrected chi connectivity index (χ1v) is 9.53. The average molecular weight is 387 g/mol. The van der Waals surface area contributed by atoms with Crippen LogP contribution in [-0.2, 0) is 4.79 Å². The second-order valence-corrected chi connectivity index (χ2v) is 7.18. The van der Waals surface area contributed by atoms with Crippen molar-refractivity contribution in [2.24, 2.45) is 0 Å². The standard InChI is InChI=1S/C19H19ClN4OS/c1-13-16(20)6-3-7-17(13)24-10-9-22-19(24)26-12-18(25)23-14(2)15-5-4-8-21-11-15/h3-11,14H,12H2,1-2H3,(H,23,25)/t14-/m1/s1. The molecular weight excluding hydrogens is 368 g/mol. The molecule has 1 aromatic carbocycles. The number of hydrogen-bond donors (Lipinski definition) is 1. The second-order valence-electron chi connectivity index (χ2n) is 5.83. The van der Waals surface area contributed by atoms with E-state index < -0.39 is 0 Å². The molecule has 134 valence electrons. The molecule has 0 aliphatic carbocycles. The molecule has 0 saturated heterocycles. The summed E-state index contributed by atoms with van der Waals surface area (Å²) in [5, 5.41) is 4.43. The van der Waals surface area contributed by atoms with Crippen LogP contribution in [0.1, 0.15) is 24.1 Å². The number of nitrogens with one attached hydrogen (secondary N) is 1. The summed E-state index contributed by atoms with van der Waals surface area (Å²) in [5.74, 6) is 0.227. The quantitative estimate of drug-likeness (QED) is 0.645. The van der Waals surface area contributed by atoms with Crippen LogP contribution in [0.25, 0.3) is 5.69 Å². The van der Waals surface area contributed by atoms with E-state index in [1.165, 1.54) is 11.8 Å². The fraction of sp³-hybridized carbons (Fsp3) is 0.211. The fourth-order valence-corrected chi connectivity index (χ4v) is 3.51. The molecule has 0 bridgehead atoms. The lowest BCUT2D eigenvalue weighted by Gasteiger charge is -2.14. The third-order valence-electron chi connectivity index (χ3n) is 4.00. The Morgan fingerprint density at radius 2 is 2.15 bits per heavy atom. The Labute approximate surface area is 161 Å². The Morgan fingerprint density at radius 1 is 1.31 bits per heavy atom. The number of carbonyl (C=O) groups excluding carboxylic acids is 1. The van der Waals surface area contributed by atoms with Crippen LogP contribution in [0.4, 0.5) is 0 Å². The van der Waals surface area contributed by atoms with Gasteiger partial charge in [-0.1, -0.05) is 35.5 Å². The largest absolute Gasteiger partial charge is 0.349 e. The van der Waals surface area contributed by atoms with Crippen LogP contribution in [-0.4, -0.2) is 26.2 Å². The molecule has 1 atom stereocenters. The number of aromatic nitrogens is 3. The van der Waals surface area contributed by atoms with E-state index >= 15 is 0 Å². The number of halogens is 1. The summed E-state index contributed by atoms with van der Waals surface area (Å²) in [5.41, 5.74) is 2.91. The van der Waals surface area contributed by atoms with Crippen LogP contribution < -0.4 is 5.32 Å². The number of thioether (sulfide) groups is 1. The number of imidazole rings is 1. The molecule has 0 spiro atoms. The van der Waals surface area contributed by atoms with E-state index in [-0.39, 0.29) is 17.7 Å². The lowest BCUT2D eigenvalue weighted by atomic mass is 10.1. The van der Waals surface area contributed by atoms with E-state index in [9.17, 15) is 4.79 Å². The Balaban J connectivity index is 1.65. The number of nitrogens with zero attached hydrogens (tertiary/aromatic N) is 3. The fourth-order valence-electron chi connectivity index (χ4n) is 2.57. The zero-order valence-corrected chi connectivity index (χ0v) is 16.1. The van der Waals surface area contributed by atoms with Crippen LogP contribution in [0.3, 0.4) is 0 Å². The highest BCUT2D eigenvalue weighted by atomic mass is 35.5. The minimum absolute atomic E-state index is 0.0521. The van der Waals surface area contributed by atoms with Crippen LogP contribution in [0, 0.1) is 6.92 Å². The molecule has 0 fully saturated rings. The summed E-state index contributed by atoms with van der Waals surface area (Å²) in [7, 11) is 0. The summed E-state index contributed by atoms with van der Waals surface area (Å²) in [4.78, 5) is 20.7. The molecule has 2 heterocycles. The zero-order valence-electron chi connectivity index (χ0n) is 14.5. The van der Waals surface area contributed by atoms with Crippen LogP contribution in [0.2, 0.25) is 5.02 Å². The number of hydrogen-bond acceptors (Lipinski definition) is 4. The first-order valence-electron chi connectivity index (χ1n) is 8.17. The molecule has 3 aromatic rings. The molecule has 1 amide bonds. The first-order chi connectivity index (χ1) is 12.6. The smallest absolute Gasteiger partial charge is 0.230 e. The van der Waals surface area contributed by atoms with E-state index in [4.69, 9.17) is 11.6 Å². The number of rotatable bonds is 6. The minimum Gasteiger partial charge on any atom is -0.349 e. The number of carbonyl (C=O) groups is 1. The van der Waals surface area contributed by atoms with Gasteiger partial charge in [0.25, 0.3) is 0 Å². The van der Waals surface area contributed by atoms with Gasteiger partial charge in [0, 0.05) is 29.8 Å². The second kappa shape index (κ2) is 8.38. The summed E-state index contributed by atoms with van der Waals surface area (Å²) in [6, 6.07) is 9.46. The highest BCUT2D eigenvalue weighted by Crippen LogP contribution is 2.26. The average Bonchev–Trinajstić information content (AvgIpc) is 3.11. The molecule has 0 aliphatic heterocycles. The van der Waals surface area contributed by atoms with Crippen molar-refractivity contribution < 1.29 is 4.79 Å². The molecular formula is C19H19ClN4OS. The van der Waals surface area contributed by atoms with Gasteiger partial charge in [-0.05, 0) is 43.2 Å². The van der Waals surface area contributed by atoms with Crippen LogP contribution >= 0.6 is 23.4 Å². The van der Waals surface area contributed by atoms with Crippen LogP contribution in [0.5, 0.6) is 0 Å². The molecule has 2 aromatic heterocycles. The van der Waals surface area contributed by atoms with Crippen molar-refractivity contribution in [1.29, 1.82) is 0 Å². The maximum atomic E-state index is 12.3. The lowest BCUT2D eigenvalue weighted by molar-refractivity contribution is -0.119. The lowest BCUT2D eigenvalue weighted by Crippen LogP contribution is -2.28. The number of pyridine rings is 1. The zero-order chi connectivity index (χ0) is 18.5. The summed E-state index contributed by atoms with van der Waals surface area (Å²) in [6.07, 6.45) is 7.06. The third kappa shape index (κ3) is 4.26. The van der Waals surface area contributed by atoms with Crippen molar-refractivity contribution in [3.63, 3.8) is 0 Å². The maximum Gasteiger partial charge on any atom is 0.230 e. The highest BCUT2D eigenvalue weighted by molar-refractivity contribution is 7.99. The molecule has 0 aliphatic rings. The van der Waals surface area contributed by atoms with Crippen molar-refractivity contribution in [3.8, 4) is 5.69 Å². The Morgan fingerprint density at radius 3 is 2.92 bits per heavy atom. The van der Waals surface area contributed by atoms with E-state index in [0.717, 1.165) is 22.0 Å². The normalized spacial score (nSPS) is 12.0. The van der Waals surface area contributed by atoms with E-state index in [2.05, 4.69) is 15.3 Å². The van der Waals surface area contributed by atoms with Crippen molar-refractivity contribution in [2.75, 3.05) is 5.75 Å². The number of amides is 1. The summed E-state index contributed by atoms with van der Waals surface area (Å²) in [6.45, 7) is 3.91. The summed E-state index contributed by atoms with van der Waals surface area (Å²) < 4.78 is 1.95. The van der Waals surface area contributed by atoms with Gasteiger partial charge < -0.3 is 5.32 Å². The van der Waals surface area contributed by atoms with Gasteiger partial charge in [0.05, 0.1) is 17.5 Å². The Hall–Kier alpha value is -2.31. The van der Waals surface area contributed by atoms with Gasteiger partial charge in [0.15, 0.2) is 5.16 Å². The predicted octanol–water partition coefficient (Wildman–Crippen LogP) is 4.20. The monoisotopic (exact) mass is 386 g/mol. The molecule has 1 N–H and O–H groups in total. The SMILES string of the molecule is Cc1c(Cl)cccc1-n1ccnc1SCC(=O)N[C@H](C)c1cccnc1. The molecule has 5 nitrogen and oxygen atoms in total. The number of benzene rings is 1. The van der Waals surface area contributed by atoms with Crippen LogP contribution in [0.15, 0.2) is 60.3 Å². The minimum atomic E-state index is -0.0910. The van der Waals surface area contributed by atoms with Gasteiger partial charge in [0.1, 0.15) is 0 Å². The van der Waals surface area contributed by atoms with Gasteiger partial charge in [-0.2, -0.15) is 0 Å². The van der Waals surface area contributed by atoms with Crippen molar-refractivity contribution in [1.82, 2.24) is 19.9 Å². The molecule has 0 radical (unpaired) electrons. The third-order valence-corrected chi connectivity index (χ3v) is 5.38. The van der Waals surface area contributed by atoms with Crippen molar-refractivity contribution in [3.05, 3.63) is 71.3 Å². The first kappa shape index (κ1) is 18.5. The van der Waals surface area contributed by atoms with E-state index in [1.54, 1.807) is 18.6 Å².